The van der Waals surface area contributed by atoms with Gasteiger partial charge in [0.2, 0.25) is 0 Å². The highest BCUT2D eigenvalue weighted by Gasteiger charge is 2.18. The molecule has 120 valence electrons. The molecule has 0 aromatic heterocycles. The minimum Gasteiger partial charge on any atom is -0.490 e. The molecule has 0 amide bonds. The Morgan fingerprint density at radius 1 is 1.04 bits per heavy atom. The lowest BCUT2D eigenvalue weighted by Crippen LogP contribution is -2.11. The maximum absolute atomic E-state index is 11.3. The molecule has 1 aliphatic carbocycles. The first kappa shape index (κ1) is 15.4. The molecule has 23 heavy (non-hydrogen) atoms. The van der Waals surface area contributed by atoms with Crippen LogP contribution in [0, 0.1) is 0 Å². The Hall–Kier alpha value is -2.49. The second-order valence-electron chi connectivity index (χ2n) is 5.80. The number of benzene rings is 2. The van der Waals surface area contributed by atoms with Crippen molar-refractivity contribution in [2.45, 2.75) is 38.4 Å². The topological polar surface area (TPSA) is 55.8 Å². The Balaban J connectivity index is 1.75. The molecular weight excluding hydrogens is 292 g/mol. The number of carboxylic acids is 1. The smallest absolute Gasteiger partial charge is 0.335 e. The van der Waals surface area contributed by atoms with Gasteiger partial charge in [0.1, 0.15) is 18.1 Å². The van der Waals surface area contributed by atoms with Gasteiger partial charge in [-0.25, -0.2) is 4.79 Å². The van der Waals surface area contributed by atoms with Gasteiger partial charge in [-0.1, -0.05) is 30.3 Å². The zero-order chi connectivity index (χ0) is 16.1. The number of ether oxygens (including phenoxy) is 2. The minimum atomic E-state index is -0.980. The molecule has 1 aliphatic rings. The van der Waals surface area contributed by atoms with Crippen LogP contribution in [-0.4, -0.2) is 17.2 Å². The summed E-state index contributed by atoms with van der Waals surface area (Å²) in [6, 6.07) is 14.6. The predicted molar refractivity (Wildman–Crippen MR) is 87.1 cm³/mol. The van der Waals surface area contributed by atoms with Crippen molar-refractivity contribution in [2.75, 3.05) is 0 Å². The highest BCUT2D eigenvalue weighted by Crippen LogP contribution is 2.28. The van der Waals surface area contributed by atoms with E-state index in [1.165, 1.54) is 18.9 Å². The van der Waals surface area contributed by atoms with Crippen molar-refractivity contribution >= 4 is 5.97 Å². The highest BCUT2D eigenvalue weighted by molar-refractivity contribution is 5.88. The Kier molecular flexibility index (Phi) is 4.81. The van der Waals surface area contributed by atoms with Crippen LogP contribution in [0.1, 0.15) is 41.6 Å². The first-order valence-electron chi connectivity index (χ1n) is 7.92. The van der Waals surface area contributed by atoms with Crippen LogP contribution in [-0.2, 0) is 6.61 Å². The first-order chi connectivity index (χ1) is 11.2. The van der Waals surface area contributed by atoms with Gasteiger partial charge in [0.05, 0.1) is 11.7 Å². The molecule has 1 saturated carbocycles. The zero-order valence-corrected chi connectivity index (χ0v) is 12.9. The molecule has 0 saturated heterocycles. The molecular formula is C19H20O4. The number of carboxylic acid groups (broad SMARTS) is 1. The fourth-order valence-corrected chi connectivity index (χ4v) is 2.79. The van der Waals surface area contributed by atoms with Gasteiger partial charge < -0.3 is 14.6 Å². The van der Waals surface area contributed by atoms with E-state index in [4.69, 9.17) is 9.47 Å². The predicted octanol–water partition coefficient (Wildman–Crippen LogP) is 4.29. The van der Waals surface area contributed by atoms with E-state index in [9.17, 15) is 9.90 Å². The molecule has 0 unspecified atom stereocenters. The summed E-state index contributed by atoms with van der Waals surface area (Å²) in [6.45, 7) is 0.396. The van der Waals surface area contributed by atoms with Crippen molar-refractivity contribution in [1.29, 1.82) is 0 Å². The van der Waals surface area contributed by atoms with Gasteiger partial charge in [-0.05, 0) is 43.4 Å². The molecule has 0 spiro atoms. The van der Waals surface area contributed by atoms with E-state index in [1.807, 2.05) is 30.3 Å². The third kappa shape index (κ3) is 4.25. The minimum absolute atomic E-state index is 0.181. The van der Waals surface area contributed by atoms with Gasteiger partial charge in [0, 0.05) is 6.07 Å². The fourth-order valence-electron chi connectivity index (χ4n) is 2.79. The zero-order valence-electron chi connectivity index (χ0n) is 12.9. The highest BCUT2D eigenvalue weighted by atomic mass is 16.5. The van der Waals surface area contributed by atoms with Gasteiger partial charge in [-0.2, -0.15) is 0 Å². The fraction of sp³-hybridized carbons (Fsp3) is 0.316. The Labute approximate surface area is 135 Å². The van der Waals surface area contributed by atoms with Crippen molar-refractivity contribution < 1.29 is 19.4 Å². The number of rotatable bonds is 6. The van der Waals surface area contributed by atoms with Crippen molar-refractivity contribution in [3.05, 3.63) is 59.7 Å². The summed E-state index contributed by atoms with van der Waals surface area (Å²) < 4.78 is 11.7. The van der Waals surface area contributed by atoms with Crippen LogP contribution in [0.25, 0.3) is 0 Å². The first-order valence-corrected chi connectivity index (χ1v) is 7.92. The second kappa shape index (κ2) is 7.18. The molecule has 3 rings (SSSR count). The quantitative estimate of drug-likeness (QED) is 0.864. The second-order valence-corrected chi connectivity index (χ2v) is 5.80. The standard InChI is InChI=1S/C19H20O4/c20-19(21)15-10-17(22-13-14-6-2-1-3-7-14)12-18(11-15)23-16-8-4-5-9-16/h1-3,6-7,10-12,16H,4-5,8-9,13H2,(H,20,21). The monoisotopic (exact) mass is 312 g/mol. The molecule has 0 bridgehead atoms. The van der Waals surface area contributed by atoms with Crippen LogP contribution < -0.4 is 9.47 Å². The average Bonchev–Trinajstić information content (AvgIpc) is 3.06. The van der Waals surface area contributed by atoms with E-state index in [0.29, 0.717) is 18.1 Å². The average molecular weight is 312 g/mol. The largest absolute Gasteiger partial charge is 0.490 e. The van der Waals surface area contributed by atoms with Gasteiger partial charge in [-0.3, -0.25) is 0 Å². The van der Waals surface area contributed by atoms with E-state index in [0.717, 1.165) is 18.4 Å². The summed E-state index contributed by atoms with van der Waals surface area (Å²) in [7, 11) is 0. The lowest BCUT2D eigenvalue weighted by molar-refractivity contribution is 0.0695. The van der Waals surface area contributed by atoms with E-state index >= 15 is 0 Å². The summed E-state index contributed by atoms with van der Waals surface area (Å²) in [5.41, 5.74) is 1.22. The van der Waals surface area contributed by atoms with E-state index < -0.39 is 5.97 Å². The number of carbonyl (C=O) groups is 1. The normalized spacial score (nSPS) is 14.6. The van der Waals surface area contributed by atoms with E-state index in [2.05, 4.69) is 0 Å². The SMILES string of the molecule is O=C(O)c1cc(OCc2ccccc2)cc(OC2CCCC2)c1. The van der Waals surface area contributed by atoms with Crippen molar-refractivity contribution in [2.24, 2.45) is 0 Å². The Morgan fingerprint density at radius 3 is 2.43 bits per heavy atom. The van der Waals surface area contributed by atoms with Gasteiger partial charge in [0.15, 0.2) is 0 Å². The van der Waals surface area contributed by atoms with Gasteiger partial charge >= 0.3 is 5.97 Å². The van der Waals surface area contributed by atoms with E-state index in [1.54, 1.807) is 12.1 Å². The summed E-state index contributed by atoms with van der Waals surface area (Å²) in [5, 5.41) is 9.27. The van der Waals surface area contributed by atoms with E-state index in [-0.39, 0.29) is 11.7 Å². The summed E-state index contributed by atoms with van der Waals surface area (Å²) >= 11 is 0. The number of hydrogen-bond acceptors (Lipinski definition) is 3. The lowest BCUT2D eigenvalue weighted by atomic mass is 10.2. The summed E-state index contributed by atoms with van der Waals surface area (Å²) in [5.74, 6) is 0.105. The Morgan fingerprint density at radius 2 is 1.74 bits per heavy atom. The van der Waals surface area contributed by atoms with Crippen LogP contribution in [0.3, 0.4) is 0 Å². The van der Waals surface area contributed by atoms with Crippen molar-refractivity contribution in [1.82, 2.24) is 0 Å². The molecule has 1 N–H and O–H groups in total. The molecule has 0 atom stereocenters. The van der Waals surface area contributed by atoms with Gasteiger partial charge in [-0.15, -0.1) is 0 Å². The maximum atomic E-state index is 11.3. The molecule has 0 heterocycles. The van der Waals surface area contributed by atoms with Crippen LogP contribution >= 0.6 is 0 Å². The molecule has 2 aromatic carbocycles. The lowest BCUT2D eigenvalue weighted by Gasteiger charge is -2.15. The molecule has 1 fully saturated rings. The summed E-state index contributed by atoms with van der Waals surface area (Å²) in [6.07, 6.45) is 4.57. The number of aromatic carboxylic acids is 1. The maximum Gasteiger partial charge on any atom is 0.335 e. The Bertz CT molecular complexity index is 660. The molecule has 4 nitrogen and oxygen atoms in total. The van der Waals surface area contributed by atoms with Gasteiger partial charge in [0.25, 0.3) is 0 Å². The van der Waals surface area contributed by atoms with Crippen LogP contribution in [0.5, 0.6) is 11.5 Å². The molecule has 0 radical (unpaired) electrons. The number of hydrogen-bond donors (Lipinski definition) is 1. The van der Waals surface area contributed by atoms with Crippen LogP contribution in [0.4, 0.5) is 0 Å². The summed E-state index contributed by atoms with van der Waals surface area (Å²) in [4.78, 5) is 11.3. The van der Waals surface area contributed by atoms with Crippen LogP contribution in [0.2, 0.25) is 0 Å². The molecule has 4 heteroatoms. The van der Waals surface area contributed by atoms with Crippen molar-refractivity contribution in [3.63, 3.8) is 0 Å². The third-order valence-electron chi connectivity index (χ3n) is 3.98. The molecule has 0 aliphatic heterocycles. The van der Waals surface area contributed by atoms with Crippen LogP contribution in [0.15, 0.2) is 48.5 Å². The van der Waals surface area contributed by atoms with Crippen molar-refractivity contribution in [3.8, 4) is 11.5 Å². The third-order valence-corrected chi connectivity index (χ3v) is 3.98. The molecule has 2 aromatic rings.